The minimum atomic E-state index is 0.323. The van der Waals surface area contributed by atoms with Gasteiger partial charge in [0.2, 0.25) is 0 Å². The molecule has 3 nitrogen and oxygen atoms in total. The summed E-state index contributed by atoms with van der Waals surface area (Å²) in [6, 6.07) is 20.6. The first kappa shape index (κ1) is 13.7. The summed E-state index contributed by atoms with van der Waals surface area (Å²) < 4.78 is 4.91. The lowest BCUT2D eigenvalue weighted by atomic mass is 10.1. The third-order valence-electron chi connectivity index (χ3n) is 2.85. The van der Waals surface area contributed by atoms with Crippen molar-refractivity contribution in [2.24, 2.45) is 0 Å². The number of fused-ring (bicyclic) bond motifs is 1. The largest absolute Gasteiger partial charge is 0.508 e. The Hall–Kier alpha value is -2.68. The van der Waals surface area contributed by atoms with Gasteiger partial charge in [0.1, 0.15) is 11.5 Å². The number of hydrogen-bond acceptors (Lipinski definition) is 3. The van der Waals surface area contributed by atoms with Crippen LogP contribution in [0, 0.1) is 0 Å². The van der Waals surface area contributed by atoms with Crippen LogP contribution in [-0.4, -0.2) is 12.2 Å². The van der Waals surface area contributed by atoms with Crippen molar-refractivity contribution in [3.8, 4) is 11.5 Å². The maximum Gasteiger partial charge on any atom is 0.119 e. The molecule has 0 aliphatic rings. The van der Waals surface area contributed by atoms with Crippen molar-refractivity contribution < 1.29 is 9.84 Å². The van der Waals surface area contributed by atoms with Crippen molar-refractivity contribution in [1.82, 2.24) is 0 Å². The lowest BCUT2D eigenvalue weighted by Gasteiger charge is -1.97. The van der Waals surface area contributed by atoms with Gasteiger partial charge in [-0.05, 0) is 47.2 Å². The van der Waals surface area contributed by atoms with Crippen LogP contribution >= 0.6 is 0 Å². The molecule has 0 radical (unpaired) electrons. The zero-order chi connectivity index (χ0) is 14.4. The molecule has 0 fully saturated rings. The summed E-state index contributed by atoms with van der Waals surface area (Å²) in [5, 5.41) is 11.4. The molecule has 0 saturated carbocycles. The minimum Gasteiger partial charge on any atom is -0.508 e. The number of hydrogen-bond donors (Lipinski definition) is 2. The summed E-state index contributed by atoms with van der Waals surface area (Å²) in [5.41, 5.74) is 6.19. The van der Waals surface area contributed by atoms with E-state index in [9.17, 15) is 0 Å². The van der Waals surface area contributed by atoms with Gasteiger partial charge in [0, 0.05) is 5.69 Å². The fourth-order valence-electron chi connectivity index (χ4n) is 1.78. The highest BCUT2D eigenvalue weighted by Crippen LogP contribution is 2.18. The first-order valence-electron chi connectivity index (χ1n) is 6.26. The van der Waals surface area contributed by atoms with Crippen LogP contribution in [0.3, 0.4) is 0 Å². The molecule has 0 saturated heterocycles. The molecular formula is C17H17NO2. The Morgan fingerprint density at radius 1 is 0.850 bits per heavy atom. The van der Waals surface area contributed by atoms with Crippen molar-refractivity contribution >= 4 is 16.5 Å². The van der Waals surface area contributed by atoms with Gasteiger partial charge < -0.3 is 15.6 Å². The maximum atomic E-state index is 9.13. The fourth-order valence-corrected chi connectivity index (χ4v) is 1.78. The smallest absolute Gasteiger partial charge is 0.119 e. The second kappa shape index (κ2) is 6.48. The maximum absolute atomic E-state index is 9.13. The molecule has 0 atom stereocenters. The van der Waals surface area contributed by atoms with E-state index in [0.29, 0.717) is 5.75 Å². The lowest BCUT2D eigenvalue weighted by Crippen LogP contribution is -1.84. The molecule has 0 bridgehead atoms. The quantitative estimate of drug-likeness (QED) is 0.659. The van der Waals surface area contributed by atoms with Crippen LogP contribution in [0.2, 0.25) is 0 Å². The second-order valence-electron chi connectivity index (χ2n) is 4.30. The Balaban J connectivity index is 0.000000151. The number of rotatable bonds is 1. The Morgan fingerprint density at radius 2 is 1.50 bits per heavy atom. The Kier molecular flexibility index (Phi) is 4.45. The molecular weight excluding hydrogens is 250 g/mol. The van der Waals surface area contributed by atoms with E-state index in [-0.39, 0.29) is 0 Å². The second-order valence-corrected chi connectivity index (χ2v) is 4.30. The molecule has 3 aromatic carbocycles. The molecule has 0 unspecified atom stereocenters. The number of anilines is 1. The van der Waals surface area contributed by atoms with Gasteiger partial charge in [-0.2, -0.15) is 0 Å². The molecule has 3 heteroatoms. The van der Waals surface area contributed by atoms with E-state index < -0.39 is 0 Å². The number of phenols is 1. The first-order valence-corrected chi connectivity index (χ1v) is 6.26. The third kappa shape index (κ3) is 3.65. The van der Waals surface area contributed by atoms with E-state index in [1.807, 2.05) is 42.5 Å². The van der Waals surface area contributed by atoms with E-state index in [2.05, 4.69) is 0 Å². The average molecular weight is 267 g/mol. The van der Waals surface area contributed by atoms with Crippen molar-refractivity contribution in [1.29, 1.82) is 0 Å². The molecule has 3 rings (SSSR count). The first-order chi connectivity index (χ1) is 9.69. The summed E-state index contributed by atoms with van der Waals surface area (Å²) in [5.74, 6) is 1.16. The van der Waals surface area contributed by atoms with Gasteiger partial charge in [0.05, 0.1) is 7.11 Å². The van der Waals surface area contributed by atoms with Crippen LogP contribution < -0.4 is 10.5 Å². The van der Waals surface area contributed by atoms with Crippen LogP contribution in [0.5, 0.6) is 11.5 Å². The summed E-state index contributed by atoms with van der Waals surface area (Å²) >= 11 is 0. The van der Waals surface area contributed by atoms with E-state index in [1.54, 1.807) is 31.4 Å². The van der Waals surface area contributed by atoms with E-state index in [0.717, 1.165) is 22.2 Å². The Labute approximate surface area is 118 Å². The summed E-state index contributed by atoms with van der Waals surface area (Å²) in [4.78, 5) is 0. The van der Waals surface area contributed by atoms with Crippen LogP contribution in [0.4, 0.5) is 5.69 Å². The highest BCUT2D eigenvalue weighted by molar-refractivity contribution is 5.83. The molecule has 0 aliphatic carbocycles. The van der Waals surface area contributed by atoms with Crippen molar-refractivity contribution in [3.63, 3.8) is 0 Å². The summed E-state index contributed by atoms with van der Waals surface area (Å²) in [6.45, 7) is 0. The normalized spacial score (nSPS) is 9.65. The molecule has 0 heterocycles. The van der Waals surface area contributed by atoms with Gasteiger partial charge in [-0.3, -0.25) is 0 Å². The molecule has 0 spiro atoms. The SMILES string of the molecule is COc1ccc(N)cc1.Oc1ccc2ccccc2c1. The molecule has 0 aromatic heterocycles. The van der Waals surface area contributed by atoms with Crippen molar-refractivity contribution in [2.45, 2.75) is 0 Å². The van der Waals surface area contributed by atoms with Crippen LogP contribution in [0.1, 0.15) is 0 Å². The highest BCUT2D eigenvalue weighted by Gasteiger charge is 1.91. The molecule has 0 aliphatic heterocycles. The van der Waals surface area contributed by atoms with Gasteiger partial charge in [-0.25, -0.2) is 0 Å². The Bertz CT molecular complexity index is 678. The van der Waals surface area contributed by atoms with Gasteiger partial charge >= 0.3 is 0 Å². The zero-order valence-corrected chi connectivity index (χ0v) is 11.3. The standard InChI is InChI=1S/C10H8O.C7H9NO/c11-10-6-5-8-3-1-2-4-9(8)7-10;1-9-7-4-2-6(8)3-5-7/h1-7,11H;2-5H,8H2,1H3. The third-order valence-corrected chi connectivity index (χ3v) is 2.85. The van der Waals surface area contributed by atoms with Crippen LogP contribution in [-0.2, 0) is 0 Å². The Morgan fingerprint density at radius 3 is 2.15 bits per heavy atom. The number of benzene rings is 3. The number of nitrogens with two attached hydrogens (primary N) is 1. The number of aromatic hydroxyl groups is 1. The van der Waals surface area contributed by atoms with E-state index in [1.165, 1.54) is 0 Å². The monoisotopic (exact) mass is 267 g/mol. The van der Waals surface area contributed by atoms with Crippen molar-refractivity contribution in [3.05, 3.63) is 66.7 Å². The molecule has 3 aromatic rings. The summed E-state index contributed by atoms with van der Waals surface area (Å²) in [7, 11) is 1.63. The number of nitrogen functional groups attached to an aromatic ring is 1. The fraction of sp³-hybridized carbons (Fsp3) is 0.0588. The number of methoxy groups -OCH3 is 1. The van der Waals surface area contributed by atoms with Gasteiger partial charge in [-0.1, -0.05) is 30.3 Å². The van der Waals surface area contributed by atoms with E-state index in [4.69, 9.17) is 15.6 Å². The number of ether oxygens (including phenoxy) is 1. The summed E-state index contributed by atoms with van der Waals surface area (Å²) in [6.07, 6.45) is 0. The minimum absolute atomic E-state index is 0.323. The van der Waals surface area contributed by atoms with Crippen LogP contribution in [0.15, 0.2) is 66.7 Å². The van der Waals surface area contributed by atoms with Gasteiger partial charge in [0.15, 0.2) is 0 Å². The van der Waals surface area contributed by atoms with Crippen molar-refractivity contribution in [2.75, 3.05) is 12.8 Å². The predicted octanol–water partition coefficient (Wildman–Crippen LogP) is 3.82. The van der Waals surface area contributed by atoms with Gasteiger partial charge in [0.25, 0.3) is 0 Å². The molecule has 102 valence electrons. The highest BCUT2D eigenvalue weighted by atomic mass is 16.5. The average Bonchev–Trinajstić information content (AvgIpc) is 2.48. The number of phenolic OH excluding ortho intramolecular Hbond substituents is 1. The van der Waals surface area contributed by atoms with E-state index >= 15 is 0 Å². The zero-order valence-electron chi connectivity index (χ0n) is 11.3. The van der Waals surface area contributed by atoms with Gasteiger partial charge in [-0.15, -0.1) is 0 Å². The molecule has 3 N–H and O–H groups in total. The molecule has 20 heavy (non-hydrogen) atoms. The molecule has 0 amide bonds. The lowest BCUT2D eigenvalue weighted by molar-refractivity contribution is 0.415. The topological polar surface area (TPSA) is 55.5 Å². The predicted molar refractivity (Wildman–Crippen MR) is 83.0 cm³/mol. The van der Waals surface area contributed by atoms with Crippen LogP contribution in [0.25, 0.3) is 10.8 Å².